The van der Waals surface area contributed by atoms with E-state index in [1.165, 1.54) is 23.3 Å². The van der Waals surface area contributed by atoms with Gasteiger partial charge in [0.1, 0.15) is 11.9 Å². The molecule has 2 saturated heterocycles. The number of aryl methyl sites for hydroxylation is 1. The number of nitrogens with one attached hydrogen (secondary N) is 1. The van der Waals surface area contributed by atoms with Gasteiger partial charge in [-0.1, -0.05) is 5.21 Å². The van der Waals surface area contributed by atoms with Crippen LogP contribution in [-0.4, -0.2) is 83.2 Å². The number of furan rings is 1. The maximum atomic E-state index is 15.1. The molecule has 5 rings (SSSR count). The van der Waals surface area contributed by atoms with E-state index in [1.54, 1.807) is 34.0 Å². The Labute approximate surface area is 211 Å². The van der Waals surface area contributed by atoms with Crippen LogP contribution in [0, 0.1) is 12.7 Å². The largest absolute Gasteiger partial charge is 0.459 e. The minimum atomic E-state index is -0.541. The van der Waals surface area contributed by atoms with Crippen molar-refractivity contribution in [2.24, 2.45) is 0 Å². The monoisotopic (exact) mass is 511 g/mol. The van der Waals surface area contributed by atoms with Crippen molar-refractivity contribution in [2.75, 3.05) is 49.1 Å². The number of cyclic esters (lactones) is 1. The highest BCUT2D eigenvalue weighted by Crippen LogP contribution is 2.29. The average Bonchev–Trinajstić information content (AvgIpc) is 3.65. The van der Waals surface area contributed by atoms with Gasteiger partial charge in [-0.05, 0) is 37.3 Å². The highest BCUT2D eigenvalue weighted by Gasteiger charge is 2.33. The lowest BCUT2D eigenvalue weighted by Crippen LogP contribution is -2.51. The Balaban J connectivity index is 1.14. The molecule has 13 heteroatoms. The highest BCUT2D eigenvalue weighted by molar-refractivity contribution is 5.94. The molecule has 0 saturated carbocycles. The molecular formula is C24H26FN7O5. The fourth-order valence-electron chi connectivity index (χ4n) is 4.40. The van der Waals surface area contributed by atoms with Gasteiger partial charge in [0.15, 0.2) is 5.76 Å². The summed E-state index contributed by atoms with van der Waals surface area (Å²) in [4.78, 5) is 41.7. The van der Waals surface area contributed by atoms with E-state index in [0.29, 0.717) is 44.1 Å². The zero-order valence-electron chi connectivity index (χ0n) is 20.2. The van der Waals surface area contributed by atoms with Crippen LogP contribution in [0.4, 0.5) is 20.6 Å². The second-order valence-electron chi connectivity index (χ2n) is 8.86. The molecule has 0 aliphatic carbocycles. The van der Waals surface area contributed by atoms with Gasteiger partial charge < -0.3 is 24.3 Å². The SMILES string of the molecule is Cc1cn(C[C@H]2CN(c3ccc(N4CCN(C(=O)CNC(=O)c5ccco5)CC4)c(F)c3)C(=O)O2)nn1. The number of aromatic nitrogens is 3. The fourth-order valence-corrected chi connectivity index (χ4v) is 4.40. The molecule has 0 bridgehead atoms. The van der Waals surface area contributed by atoms with Gasteiger partial charge in [-0.2, -0.15) is 0 Å². The molecule has 2 fully saturated rings. The summed E-state index contributed by atoms with van der Waals surface area (Å²) in [6, 6.07) is 7.75. The molecule has 12 nitrogen and oxygen atoms in total. The van der Waals surface area contributed by atoms with Crippen LogP contribution in [0.3, 0.4) is 0 Å². The number of piperazine rings is 1. The van der Waals surface area contributed by atoms with Crippen LogP contribution in [0.2, 0.25) is 0 Å². The number of ether oxygens (including phenoxy) is 1. The fraction of sp³-hybridized carbons (Fsp3) is 0.375. The molecule has 3 aromatic rings. The molecule has 0 radical (unpaired) electrons. The van der Waals surface area contributed by atoms with Gasteiger partial charge in [0.05, 0.1) is 43.0 Å². The Kier molecular flexibility index (Phi) is 6.75. The Morgan fingerprint density at radius 3 is 2.68 bits per heavy atom. The molecule has 1 N–H and O–H groups in total. The first-order valence-electron chi connectivity index (χ1n) is 11.9. The number of amides is 3. The lowest BCUT2D eigenvalue weighted by atomic mass is 10.2. The smallest absolute Gasteiger partial charge is 0.414 e. The second kappa shape index (κ2) is 10.3. The van der Waals surface area contributed by atoms with E-state index in [9.17, 15) is 14.4 Å². The maximum Gasteiger partial charge on any atom is 0.414 e. The second-order valence-corrected chi connectivity index (χ2v) is 8.86. The minimum Gasteiger partial charge on any atom is -0.459 e. The summed E-state index contributed by atoms with van der Waals surface area (Å²) in [6.07, 6.45) is 2.18. The zero-order chi connectivity index (χ0) is 25.9. The van der Waals surface area contributed by atoms with Crippen molar-refractivity contribution in [3.63, 3.8) is 0 Å². The van der Waals surface area contributed by atoms with Crippen LogP contribution in [-0.2, 0) is 16.1 Å². The van der Waals surface area contributed by atoms with Crippen LogP contribution in [0.25, 0.3) is 0 Å². The molecule has 1 aromatic carbocycles. The molecule has 3 amide bonds. The number of anilines is 2. The summed E-state index contributed by atoms with van der Waals surface area (Å²) < 4.78 is 27.1. The molecule has 2 aliphatic rings. The first-order valence-corrected chi connectivity index (χ1v) is 11.9. The zero-order valence-corrected chi connectivity index (χ0v) is 20.2. The Hall–Kier alpha value is -4.42. The maximum absolute atomic E-state index is 15.1. The van der Waals surface area contributed by atoms with E-state index in [4.69, 9.17) is 9.15 Å². The number of hydrogen-bond acceptors (Lipinski definition) is 8. The van der Waals surface area contributed by atoms with Crippen molar-refractivity contribution in [2.45, 2.75) is 19.6 Å². The summed E-state index contributed by atoms with van der Waals surface area (Å²) in [5.41, 5.74) is 1.56. The lowest BCUT2D eigenvalue weighted by Gasteiger charge is -2.36. The minimum absolute atomic E-state index is 0.138. The van der Waals surface area contributed by atoms with Crippen molar-refractivity contribution in [3.05, 3.63) is 60.1 Å². The average molecular weight is 512 g/mol. The van der Waals surface area contributed by atoms with Crippen LogP contribution in [0.5, 0.6) is 0 Å². The van der Waals surface area contributed by atoms with E-state index in [1.807, 2.05) is 11.8 Å². The number of nitrogens with zero attached hydrogens (tertiary/aromatic N) is 6. The van der Waals surface area contributed by atoms with E-state index >= 15 is 4.39 Å². The van der Waals surface area contributed by atoms with E-state index in [-0.39, 0.29) is 24.8 Å². The quantitative estimate of drug-likeness (QED) is 0.505. The summed E-state index contributed by atoms with van der Waals surface area (Å²) in [5.74, 6) is -1.01. The predicted molar refractivity (Wildman–Crippen MR) is 129 cm³/mol. The topological polar surface area (TPSA) is 126 Å². The summed E-state index contributed by atoms with van der Waals surface area (Å²) in [6.45, 7) is 3.94. The third-order valence-electron chi connectivity index (χ3n) is 6.28. The molecular weight excluding hydrogens is 485 g/mol. The lowest BCUT2D eigenvalue weighted by molar-refractivity contribution is -0.130. The van der Waals surface area contributed by atoms with Gasteiger partial charge in [0, 0.05) is 32.4 Å². The van der Waals surface area contributed by atoms with Gasteiger partial charge in [0.25, 0.3) is 5.91 Å². The van der Waals surface area contributed by atoms with Crippen molar-refractivity contribution in [1.82, 2.24) is 25.2 Å². The molecule has 2 aliphatic heterocycles. The van der Waals surface area contributed by atoms with Gasteiger partial charge in [0.2, 0.25) is 5.91 Å². The third kappa shape index (κ3) is 5.39. The predicted octanol–water partition coefficient (Wildman–Crippen LogP) is 1.42. The van der Waals surface area contributed by atoms with Crippen LogP contribution in [0.1, 0.15) is 16.2 Å². The summed E-state index contributed by atoms with van der Waals surface area (Å²) in [7, 11) is 0. The van der Waals surface area contributed by atoms with Crippen molar-refractivity contribution < 1.29 is 27.9 Å². The molecule has 2 aromatic heterocycles. The third-order valence-corrected chi connectivity index (χ3v) is 6.28. The van der Waals surface area contributed by atoms with Crippen molar-refractivity contribution in [3.8, 4) is 0 Å². The Morgan fingerprint density at radius 2 is 2.00 bits per heavy atom. The van der Waals surface area contributed by atoms with Crippen molar-refractivity contribution >= 4 is 29.3 Å². The van der Waals surface area contributed by atoms with Crippen molar-refractivity contribution in [1.29, 1.82) is 0 Å². The molecule has 37 heavy (non-hydrogen) atoms. The molecule has 0 unspecified atom stereocenters. The number of halogens is 1. The van der Waals surface area contributed by atoms with Gasteiger partial charge in [-0.15, -0.1) is 5.10 Å². The number of hydrogen-bond donors (Lipinski definition) is 1. The van der Waals surface area contributed by atoms with E-state index < -0.39 is 23.9 Å². The van der Waals surface area contributed by atoms with Crippen LogP contribution >= 0.6 is 0 Å². The number of carbonyl (C=O) groups is 3. The van der Waals surface area contributed by atoms with Gasteiger partial charge in [-0.3, -0.25) is 14.5 Å². The Morgan fingerprint density at radius 1 is 1.19 bits per heavy atom. The summed E-state index contributed by atoms with van der Waals surface area (Å²) in [5, 5.41) is 10.4. The van der Waals surface area contributed by atoms with E-state index in [0.717, 1.165) is 5.69 Å². The standard InChI is InChI=1S/C24H26FN7O5/c1-16-13-31(28-27-16)14-18-15-32(24(35)37-18)17-4-5-20(19(25)11-17)29-6-8-30(9-7-29)22(33)12-26-23(34)21-3-2-10-36-21/h2-5,10-11,13,18H,6-9,12,14-15H2,1H3,(H,26,34)/t18-/m0/s1. The first kappa shape index (κ1) is 24.3. The van der Waals surface area contributed by atoms with Gasteiger partial charge in [-0.25, -0.2) is 13.9 Å². The number of rotatable bonds is 7. The first-order chi connectivity index (χ1) is 17.9. The molecule has 1 atom stereocenters. The van der Waals surface area contributed by atoms with Crippen LogP contribution < -0.4 is 15.1 Å². The highest BCUT2D eigenvalue weighted by atomic mass is 19.1. The molecule has 4 heterocycles. The number of benzene rings is 1. The number of carbonyl (C=O) groups excluding carboxylic acids is 3. The summed E-state index contributed by atoms with van der Waals surface area (Å²) >= 11 is 0. The normalized spacial score (nSPS) is 17.7. The van der Waals surface area contributed by atoms with Gasteiger partial charge >= 0.3 is 6.09 Å². The Bertz CT molecular complexity index is 1290. The molecule has 0 spiro atoms. The van der Waals surface area contributed by atoms with E-state index in [2.05, 4.69) is 15.6 Å². The molecule has 194 valence electrons. The van der Waals surface area contributed by atoms with Crippen LogP contribution in [0.15, 0.2) is 47.2 Å².